The zero-order valence-electron chi connectivity index (χ0n) is 9.52. The Morgan fingerprint density at radius 1 is 1.35 bits per heavy atom. The summed E-state index contributed by atoms with van der Waals surface area (Å²) in [4.78, 5) is 1.11. The summed E-state index contributed by atoms with van der Waals surface area (Å²) in [5, 5.41) is 0. The van der Waals surface area contributed by atoms with Gasteiger partial charge in [0.2, 0.25) is 0 Å². The summed E-state index contributed by atoms with van der Waals surface area (Å²) < 4.78 is 6.48. The molecule has 2 rings (SSSR count). The first-order valence-electron chi connectivity index (χ1n) is 5.37. The molecular formula is C13H14ClNOS. The maximum atomic E-state index is 5.86. The monoisotopic (exact) mass is 267 g/mol. The van der Waals surface area contributed by atoms with Crippen LogP contribution in [0.4, 0.5) is 0 Å². The minimum Gasteiger partial charge on any atom is -0.488 e. The maximum absolute atomic E-state index is 5.86. The molecule has 2 aromatic rings. The molecule has 0 saturated heterocycles. The highest BCUT2D eigenvalue weighted by Gasteiger charge is 2.03. The highest BCUT2D eigenvalue weighted by atomic mass is 35.5. The quantitative estimate of drug-likeness (QED) is 0.909. The second-order valence-corrected chi connectivity index (χ2v) is 5.66. The van der Waals surface area contributed by atoms with E-state index in [0.29, 0.717) is 6.61 Å². The third kappa shape index (κ3) is 3.46. The Kier molecular flexibility index (Phi) is 4.05. The van der Waals surface area contributed by atoms with E-state index in [1.165, 1.54) is 11.3 Å². The molecule has 1 heterocycles. The topological polar surface area (TPSA) is 35.2 Å². The lowest BCUT2D eigenvalue weighted by molar-refractivity contribution is 0.309. The predicted molar refractivity (Wildman–Crippen MR) is 72.7 cm³/mol. The molecule has 0 amide bonds. The van der Waals surface area contributed by atoms with Gasteiger partial charge in [0.1, 0.15) is 12.4 Å². The summed E-state index contributed by atoms with van der Waals surface area (Å²) in [7, 11) is 0. The summed E-state index contributed by atoms with van der Waals surface area (Å²) in [6.07, 6.45) is 0. The van der Waals surface area contributed by atoms with Crippen LogP contribution in [0, 0.1) is 0 Å². The molecule has 0 aliphatic heterocycles. The van der Waals surface area contributed by atoms with Crippen LogP contribution >= 0.6 is 22.9 Å². The second kappa shape index (κ2) is 5.54. The van der Waals surface area contributed by atoms with Crippen LogP contribution in [0.5, 0.6) is 5.75 Å². The summed E-state index contributed by atoms with van der Waals surface area (Å²) >= 11 is 7.39. The highest BCUT2D eigenvalue weighted by Crippen LogP contribution is 2.24. The van der Waals surface area contributed by atoms with E-state index in [2.05, 4.69) is 0 Å². The van der Waals surface area contributed by atoms with Crippen molar-refractivity contribution >= 4 is 22.9 Å². The first kappa shape index (κ1) is 12.4. The Morgan fingerprint density at radius 3 is 2.82 bits per heavy atom. The van der Waals surface area contributed by atoms with Crippen molar-refractivity contribution in [2.45, 2.75) is 19.6 Å². The standard InChI is InChI=1S/C13H14ClNOS/c1-9(15)10-3-2-4-11(7-10)16-8-12-5-6-13(14)17-12/h2-7,9H,8,15H2,1H3/t9-/m1/s1. The largest absolute Gasteiger partial charge is 0.488 e. The fourth-order valence-electron chi connectivity index (χ4n) is 1.47. The molecule has 2 N–H and O–H groups in total. The molecule has 1 aromatic heterocycles. The van der Waals surface area contributed by atoms with E-state index in [4.69, 9.17) is 22.1 Å². The SMILES string of the molecule is C[C@@H](N)c1cccc(OCc2ccc(Cl)s2)c1. The zero-order chi connectivity index (χ0) is 12.3. The molecule has 0 aliphatic rings. The fraction of sp³-hybridized carbons (Fsp3) is 0.231. The Morgan fingerprint density at radius 2 is 2.18 bits per heavy atom. The van der Waals surface area contributed by atoms with E-state index < -0.39 is 0 Å². The van der Waals surface area contributed by atoms with E-state index in [0.717, 1.165) is 20.5 Å². The van der Waals surface area contributed by atoms with Crippen molar-refractivity contribution in [1.29, 1.82) is 0 Å². The van der Waals surface area contributed by atoms with Crippen molar-refractivity contribution in [2.75, 3.05) is 0 Å². The van der Waals surface area contributed by atoms with Crippen molar-refractivity contribution in [3.05, 3.63) is 51.2 Å². The van der Waals surface area contributed by atoms with Crippen LogP contribution in [0.15, 0.2) is 36.4 Å². The van der Waals surface area contributed by atoms with Crippen molar-refractivity contribution in [3.8, 4) is 5.75 Å². The van der Waals surface area contributed by atoms with E-state index in [9.17, 15) is 0 Å². The summed E-state index contributed by atoms with van der Waals surface area (Å²) in [5.74, 6) is 0.837. The lowest BCUT2D eigenvalue weighted by Gasteiger charge is -2.09. The average Bonchev–Trinajstić information content (AvgIpc) is 2.73. The molecule has 0 saturated carbocycles. The average molecular weight is 268 g/mol. The molecular weight excluding hydrogens is 254 g/mol. The smallest absolute Gasteiger partial charge is 0.122 e. The number of halogens is 1. The molecule has 0 spiro atoms. The molecule has 0 unspecified atom stereocenters. The van der Waals surface area contributed by atoms with Gasteiger partial charge in [0, 0.05) is 10.9 Å². The lowest BCUT2D eigenvalue weighted by Crippen LogP contribution is -2.05. The van der Waals surface area contributed by atoms with Crippen LogP contribution < -0.4 is 10.5 Å². The summed E-state index contributed by atoms with van der Waals surface area (Å²) in [6, 6.07) is 11.7. The van der Waals surface area contributed by atoms with Crippen LogP contribution in [0.1, 0.15) is 23.4 Å². The van der Waals surface area contributed by atoms with E-state index in [1.807, 2.05) is 43.3 Å². The third-order valence-corrected chi connectivity index (χ3v) is 3.60. The number of ether oxygens (including phenoxy) is 1. The number of hydrogen-bond donors (Lipinski definition) is 1. The van der Waals surface area contributed by atoms with Gasteiger partial charge in [-0.3, -0.25) is 0 Å². The number of nitrogens with two attached hydrogens (primary N) is 1. The number of rotatable bonds is 4. The molecule has 17 heavy (non-hydrogen) atoms. The van der Waals surface area contributed by atoms with E-state index in [-0.39, 0.29) is 6.04 Å². The molecule has 0 aliphatic carbocycles. The molecule has 4 heteroatoms. The first-order valence-corrected chi connectivity index (χ1v) is 6.57. The molecule has 90 valence electrons. The Labute approximate surface area is 110 Å². The molecule has 0 radical (unpaired) electrons. The maximum Gasteiger partial charge on any atom is 0.122 e. The zero-order valence-corrected chi connectivity index (χ0v) is 11.1. The minimum absolute atomic E-state index is 0.0229. The molecule has 1 atom stereocenters. The van der Waals surface area contributed by atoms with Gasteiger partial charge in [-0.2, -0.15) is 0 Å². The number of benzene rings is 1. The third-order valence-electron chi connectivity index (χ3n) is 2.39. The minimum atomic E-state index is 0.0229. The van der Waals surface area contributed by atoms with Gasteiger partial charge >= 0.3 is 0 Å². The molecule has 2 nitrogen and oxygen atoms in total. The van der Waals surface area contributed by atoms with Gasteiger partial charge < -0.3 is 10.5 Å². The van der Waals surface area contributed by atoms with Crippen LogP contribution in [0.2, 0.25) is 4.34 Å². The van der Waals surface area contributed by atoms with E-state index in [1.54, 1.807) is 0 Å². The summed E-state index contributed by atoms with van der Waals surface area (Å²) in [6.45, 7) is 2.50. The number of thiophene rings is 1. The fourth-order valence-corrected chi connectivity index (χ4v) is 2.47. The van der Waals surface area contributed by atoms with Gasteiger partial charge in [-0.1, -0.05) is 23.7 Å². The van der Waals surface area contributed by atoms with E-state index >= 15 is 0 Å². The lowest BCUT2D eigenvalue weighted by atomic mass is 10.1. The van der Waals surface area contributed by atoms with Gasteiger partial charge in [-0.15, -0.1) is 11.3 Å². The Balaban J connectivity index is 2.01. The molecule has 0 bridgehead atoms. The van der Waals surface area contributed by atoms with Crippen LogP contribution in [0.3, 0.4) is 0 Å². The van der Waals surface area contributed by atoms with Crippen molar-refractivity contribution in [2.24, 2.45) is 5.73 Å². The van der Waals surface area contributed by atoms with Crippen LogP contribution in [-0.2, 0) is 6.61 Å². The van der Waals surface area contributed by atoms with Crippen LogP contribution in [-0.4, -0.2) is 0 Å². The van der Waals surface area contributed by atoms with Gasteiger partial charge in [-0.05, 0) is 36.8 Å². The Bertz CT molecular complexity index is 496. The molecule has 1 aromatic carbocycles. The van der Waals surface area contributed by atoms with Gasteiger partial charge in [0.05, 0.1) is 4.34 Å². The second-order valence-electron chi connectivity index (χ2n) is 3.86. The van der Waals surface area contributed by atoms with Gasteiger partial charge in [0.15, 0.2) is 0 Å². The summed E-state index contributed by atoms with van der Waals surface area (Å²) in [5.41, 5.74) is 6.90. The first-order chi connectivity index (χ1) is 8.15. The normalized spacial score (nSPS) is 12.4. The number of hydrogen-bond acceptors (Lipinski definition) is 3. The molecule has 0 fully saturated rings. The van der Waals surface area contributed by atoms with Crippen LogP contribution in [0.25, 0.3) is 0 Å². The van der Waals surface area contributed by atoms with Crippen molar-refractivity contribution < 1.29 is 4.74 Å². The van der Waals surface area contributed by atoms with Gasteiger partial charge in [0.25, 0.3) is 0 Å². The van der Waals surface area contributed by atoms with Gasteiger partial charge in [-0.25, -0.2) is 0 Å². The van der Waals surface area contributed by atoms with Crippen molar-refractivity contribution in [1.82, 2.24) is 0 Å². The van der Waals surface area contributed by atoms with Crippen molar-refractivity contribution in [3.63, 3.8) is 0 Å². The Hall–Kier alpha value is -1.03. The highest BCUT2D eigenvalue weighted by molar-refractivity contribution is 7.16. The predicted octanol–water partition coefficient (Wildman–Crippen LogP) is 4.00.